The summed E-state index contributed by atoms with van der Waals surface area (Å²) in [4.78, 5) is 27.1. The van der Waals surface area contributed by atoms with E-state index in [-0.39, 0.29) is 17.8 Å². The van der Waals surface area contributed by atoms with E-state index in [0.717, 1.165) is 18.6 Å². The number of hydrogen-bond acceptors (Lipinski definition) is 4. The Hall–Kier alpha value is -2.48. The third-order valence-corrected chi connectivity index (χ3v) is 3.78. The maximum Gasteiger partial charge on any atom is 0.322 e. The zero-order chi connectivity index (χ0) is 15.5. The van der Waals surface area contributed by atoms with Crippen molar-refractivity contribution in [2.24, 2.45) is 0 Å². The molecular weight excluding hydrogens is 287 g/mol. The number of carbonyl (C=O) groups is 1. The van der Waals surface area contributed by atoms with E-state index in [9.17, 15) is 9.18 Å². The van der Waals surface area contributed by atoms with Crippen LogP contribution in [0.3, 0.4) is 0 Å². The van der Waals surface area contributed by atoms with Gasteiger partial charge < -0.3 is 15.2 Å². The normalized spacial score (nSPS) is 19.2. The third kappa shape index (κ3) is 2.91. The van der Waals surface area contributed by atoms with Crippen LogP contribution >= 0.6 is 0 Å². The van der Waals surface area contributed by atoms with Crippen molar-refractivity contribution in [3.05, 3.63) is 42.5 Å². The van der Waals surface area contributed by atoms with Gasteiger partial charge >= 0.3 is 6.03 Å². The summed E-state index contributed by atoms with van der Waals surface area (Å²) in [5, 5.41) is 2.58. The third-order valence-electron chi connectivity index (χ3n) is 3.78. The lowest BCUT2D eigenvalue weighted by Crippen LogP contribution is -2.50. The molecule has 22 heavy (non-hydrogen) atoms. The van der Waals surface area contributed by atoms with Crippen LogP contribution in [0.1, 0.15) is 11.9 Å². The van der Waals surface area contributed by atoms with Crippen LogP contribution in [0.5, 0.6) is 0 Å². The number of nitrogens with one attached hydrogen (secondary N) is 2. The molecule has 2 aromatic heterocycles. The summed E-state index contributed by atoms with van der Waals surface area (Å²) in [6.45, 7) is 1.78. The van der Waals surface area contributed by atoms with Crippen LogP contribution in [0, 0.1) is 5.82 Å². The highest BCUT2D eigenvalue weighted by Gasteiger charge is 2.30. The first kappa shape index (κ1) is 14.5. The van der Waals surface area contributed by atoms with Gasteiger partial charge in [-0.15, -0.1) is 0 Å². The second kappa shape index (κ2) is 6.10. The Morgan fingerprint density at radius 3 is 3.05 bits per heavy atom. The molecule has 1 aliphatic rings. The molecule has 3 rings (SSSR count). The number of hydrogen-bond donors (Lipinski definition) is 2. The number of nitrogens with zero attached hydrogens (tertiary/aromatic N) is 4. The fraction of sp³-hybridized carbons (Fsp3) is 0.357. The smallest absolute Gasteiger partial charge is 0.322 e. The minimum absolute atomic E-state index is 0.00298. The average molecular weight is 304 g/mol. The molecule has 1 atom stereocenters. The van der Waals surface area contributed by atoms with E-state index in [2.05, 4.69) is 25.2 Å². The van der Waals surface area contributed by atoms with Gasteiger partial charge in [0.1, 0.15) is 5.82 Å². The minimum Gasteiger partial charge on any atom is -0.347 e. The predicted molar refractivity (Wildman–Crippen MR) is 78.7 cm³/mol. The van der Waals surface area contributed by atoms with Crippen LogP contribution in [0.4, 0.5) is 14.9 Å². The second-order valence-corrected chi connectivity index (χ2v) is 5.20. The fourth-order valence-corrected chi connectivity index (χ4v) is 2.48. The van der Waals surface area contributed by atoms with Gasteiger partial charge in [-0.05, 0) is 13.1 Å². The van der Waals surface area contributed by atoms with Crippen LogP contribution in [-0.2, 0) is 0 Å². The summed E-state index contributed by atoms with van der Waals surface area (Å²) in [5.41, 5.74) is 0.133. The first-order valence-corrected chi connectivity index (χ1v) is 7.00. The van der Waals surface area contributed by atoms with Crippen molar-refractivity contribution in [2.45, 2.75) is 6.04 Å². The summed E-state index contributed by atoms with van der Waals surface area (Å²) in [7, 11) is 1.99. The van der Waals surface area contributed by atoms with E-state index in [1.54, 1.807) is 17.3 Å². The first-order chi connectivity index (χ1) is 10.6. The second-order valence-electron chi connectivity index (χ2n) is 5.20. The lowest BCUT2D eigenvalue weighted by Gasteiger charge is -2.38. The summed E-state index contributed by atoms with van der Waals surface area (Å²) in [6, 6.07) is 1.11. The standard InChI is InChI=1S/C14H17FN6O/c1-20-6-7-21(9-12(20)13-17-4-5-18-13)14(22)19-11-2-3-16-8-10(11)15/h2-5,8,12H,6-7,9H2,1H3,(H,17,18)(H,16,19,22). The quantitative estimate of drug-likeness (QED) is 0.880. The molecule has 0 saturated carbocycles. The molecule has 2 amide bonds. The van der Waals surface area contributed by atoms with Crippen LogP contribution in [-0.4, -0.2) is 57.5 Å². The highest BCUT2D eigenvalue weighted by atomic mass is 19.1. The number of H-pyrrole nitrogens is 1. The van der Waals surface area contributed by atoms with Crippen molar-refractivity contribution in [3.8, 4) is 0 Å². The van der Waals surface area contributed by atoms with Crippen LogP contribution in [0.25, 0.3) is 0 Å². The molecule has 0 radical (unpaired) electrons. The van der Waals surface area contributed by atoms with E-state index in [1.165, 1.54) is 12.3 Å². The van der Waals surface area contributed by atoms with Gasteiger partial charge in [-0.1, -0.05) is 0 Å². The topological polar surface area (TPSA) is 77.2 Å². The minimum atomic E-state index is -0.549. The Balaban J connectivity index is 1.69. The largest absolute Gasteiger partial charge is 0.347 e. The number of piperazine rings is 1. The van der Waals surface area contributed by atoms with Crippen LogP contribution in [0.15, 0.2) is 30.9 Å². The molecule has 7 nitrogen and oxygen atoms in total. The number of aromatic nitrogens is 3. The molecule has 1 fully saturated rings. The Morgan fingerprint density at radius 1 is 1.45 bits per heavy atom. The lowest BCUT2D eigenvalue weighted by atomic mass is 10.1. The Labute approximate surface area is 127 Å². The summed E-state index contributed by atoms with van der Waals surface area (Å²) >= 11 is 0. The molecule has 116 valence electrons. The average Bonchev–Trinajstić information content (AvgIpc) is 3.04. The predicted octanol–water partition coefficient (Wildman–Crippen LogP) is 1.46. The fourth-order valence-electron chi connectivity index (χ4n) is 2.48. The Morgan fingerprint density at radius 2 is 2.32 bits per heavy atom. The molecule has 0 aromatic carbocycles. The van der Waals surface area contributed by atoms with Crippen molar-refractivity contribution in [2.75, 3.05) is 32.0 Å². The number of urea groups is 1. The molecule has 2 aromatic rings. The van der Waals surface area contributed by atoms with Gasteiger partial charge in [0.2, 0.25) is 0 Å². The Bertz CT molecular complexity index is 647. The number of amides is 2. The van der Waals surface area contributed by atoms with Crippen molar-refractivity contribution >= 4 is 11.7 Å². The summed E-state index contributed by atoms with van der Waals surface area (Å²) in [5.74, 6) is 0.266. The molecule has 0 spiro atoms. The van der Waals surface area contributed by atoms with Gasteiger partial charge in [0, 0.05) is 38.2 Å². The molecule has 0 aliphatic carbocycles. The van der Waals surface area contributed by atoms with E-state index >= 15 is 0 Å². The highest BCUT2D eigenvalue weighted by Crippen LogP contribution is 2.22. The van der Waals surface area contributed by atoms with Gasteiger partial charge in [-0.3, -0.25) is 9.88 Å². The van der Waals surface area contributed by atoms with Crippen LogP contribution in [0.2, 0.25) is 0 Å². The zero-order valence-corrected chi connectivity index (χ0v) is 12.2. The number of halogens is 1. The lowest BCUT2D eigenvalue weighted by molar-refractivity contribution is 0.112. The molecule has 1 unspecified atom stereocenters. The van der Waals surface area contributed by atoms with E-state index in [0.29, 0.717) is 13.1 Å². The SMILES string of the molecule is CN1CCN(C(=O)Nc2ccncc2F)CC1c1ncc[nH]1. The number of imidazole rings is 1. The molecule has 8 heteroatoms. The molecule has 3 heterocycles. The number of rotatable bonds is 2. The van der Waals surface area contributed by atoms with Crippen molar-refractivity contribution in [1.29, 1.82) is 0 Å². The monoisotopic (exact) mass is 304 g/mol. The van der Waals surface area contributed by atoms with E-state index < -0.39 is 5.82 Å². The molecule has 1 saturated heterocycles. The van der Waals surface area contributed by atoms with Gasteiger partial charge in [0.05, 0.1) is 17.9 Å². The Kier molecular flexibility index (Phi) is 4.01. The first-order valence-electron chi connectivity index (χ1n) is 7.00. The van der Waals surface area contributed by atoms with Gasteiger partial charge in [0.25, 0.3) is 0 Å². The highest BCUT2D eigenvalue weighted by molar-refractivity contribution is 5.89. The molecule has 1 aliphatic heterocycles. The maximum absolute atomic E-state index is 13.6. The number of carbonyl (C=O) groups excluding carboxylic acids is 1. The number of anilines is 1. The van der Waals surface area contributed by atoms with Gasteiger partial charge in [0.15, 0.2) is 5.82 Å². The van der Waals surface area contributed by atoms with E-state index in [1.807, 2.05) is 7.05 Å². The zero-order valence-electron chi connectivity index (χ0n) is 12.2. The van der Waals surface area contributed by atoms with Crippen LogP contribution < -0.4 is 5.32 Å². The summed E-state index contributed by atoms with van der Waals surface area (Å²) < 4.78 is 13.6. The molecule has 0 bridgehead atoms. The van der Waals surface area contributed by atoms with Crippen molar-refractivity contribution in [3.63, 3.8) is 0 Å². The van der Waals surface area contributed by atoms with Gasteiger partial charge in [-0.25, -0.2) is 14.2 Å². The maximum atomic E-state index is 13.6. The summed E-state index contributed by atoms with van der Waals surface area (Å²) in [6.07, 6.45) is 5.96. The van der Waals surface area contributed by atoms with Gasteiger partial charge in [-0.2, -0.15) is 0 Å². The van der Waals surface area contributed by atoms with Crippen molar-refractivity contribution < 1.29 is 9.18 Å². The number of likely N-dealkylation sites (N-methyl/N-ethyl adjacent to an activating group) is 1. The van der Waals surface area contributed by atoms with Crippen molar-refractivity contribution in [1.82, 2.24) is 24.8 Å². The van der Waals surface area contributed by atoms with E-state index in [4.69, 9.17) is 0 Å². The number of aromatic amines is 1. The number of pyridine rings is 1. The molecular formula is C14H17FN6O. The molecule has 2 N–H and O–H groups in total.